The molecule has 0 aromatic heterocycles. The van der Waals surface area contributed by atoms with E-state index in [0.717, 1.165) is 0 Å². The number of ketones is 1. The lowest BCUT2D eigenvalue weighted by Crippen LogP contribution is -2.43. The van der Waals surface area contributed by atoms with E-state index in [-0.39, 0.29) is 23.4 Å². The average Bonchev–Trinajstić information content (AvgIpc) is 2.32. The fraction of sp³-hybridized carbons (Fsp3) is 0.429. The molecule has 18 heavy (non-hydrogen) atoms. The number of Topliss-reactive ketones (excluding diaryl/α,β-unsaturated/α-hetero) is 1. The summed E-state index contributed by atoms with van der Waals surface area (Å²) >= 11 is 0. The second-order valence-corrected chi connectivity index (χ2v) is 4.83. The predicted molar refractivity (Wildman–Crippen MR) is 65.8 cm³/mol. The van der Waals surface area contributed by atoms with Gasteiger partial charge in [-0.1, -0.05) is 6.92 Å². The number of nitrogens with zero attached hydrogens (tertiary/aromatic N) is 1. The molecule has 1 aromatic rings. The number of benzene rings is 1. The van der Waals surface area contributed by atoms with E-state index in [2.05, 4.69) is 0 Å². The summed E-state index contributed by atoms with van der Waals surface area (Å²) in [7, 11) is 0. The number of likely N-dealkylation sites (tertiary alicyclic amines) is 1. The number of piperidine rings is 1. The fourth-order valence-corrected chi connectivity index (χ4v) is 2.24. The number of hydrogen-bond acceptors (Lipinski definition) is 2. The number of halogens is 1. The smallest absolute Gasteiger partial charge is 0.254 e. The minimum Gasteiger partial charge on any atom is -0.337 e. The van der Waals surface area contributed by atoms with Crippen LogP contribution in [0.3, 0.4) is 0 Å². The third-order valence-corrected chi connectivity index (χ3v) is 3.38. The Kier molecular flexibility index (Phi) is 3.45. The maximum atomic E-state index is 13.0. The molecule has 0 radical (unpaired) electrons. The van der Waals surface area contributed by atoms with E-state index in [4.69, 9.17) is 0 Å². The highest BCUT2D eigenvalue weighted by Crippen LogP contribution is 2.18. The summed E-state index contributed by atoms with van der Waals surface area (Å²) in [4.78, 5) is 25.4. The standard InChI is InChI=1S/C14H16FNO2/c1-9-7-11(15)3-4-12(9)14(18)16-6-5-13(17)10(2)8-16/h3-4,7,10H,5-6,8H2,1-2H3. The van der Waals surface area contributed by atoms with Gasteiger partial charge in [-0.15, -0.1) is 0 Å². The Hall–Kier alpha value is -1.71. The van der Waals surface area contributed by atoms with Crippen molar-refractivity contribution >= 4 is 11.7 Å². The van der Waals surface area contributed by atoms with Crippen molar-refractivity contribution in [1.82, 2.24) is 4.90 Å². The van der Waals surface area contributed by atoms with Crippen molar-refractivity contribution in [1.29, 1.82) is 0 Å². The maximum Gasteiger partial charge on any atom is 0.254 e. The van der Waals surface area contributed by atoms with Crippen molar-refractivity contribution in [3.05, 3.63) is 35.1 Å². The second kappa shape index (κ2) is 4.88. The lowest BCUT2D eigenvalue weighted by atomic mass is 9.97. The van der Waals surface area contributed by atoms with Crippen LogP contribution in [0.1, 0.15) is 29.3 Å². The van der Waals surface area contributed by atoms with Crippen LogP contribution >= 0.6 is 0 Å². The van der Waals surface area contributed by atoms with E-state index in [1.807, 2.05) is 6.92 Å². The summed E-state index contributed by atoms with van der Waals surface area (Å²) in [6, 6.07) is 4.15. The lowest BCUT2D eigenvalue weighted by Gasteiger charge is -2.30. The molecule has 0 saturated carbocycles. The quantitative estimate of drug-likeness (QED) is 0.765. The summed E-state index contributed by atoms with van der Waals surface area (Å²) in [5.41, 5.74) is 1.14. The van der Waals surface area contributed by atoms with Gasteiger partial charge >= 0.3 is 0 Å². The normalized spacial score (nSPS) is 20.1. The highest BCUT2D eigenvalue weighted by Gasteiger charge is 2.27. The van der Waals surface area contributed by atoms with E-state index in [9.17, 15) is 14.0 Å². The van der Waals surface area contributed by atoms with Gasteiger partial charge in [-0.3, -0.25) is 9.59 Å². The topological polar surface area (TPSA) is 37.4 Å². The molecule has 4 heteroatoms. The highest BCUT2D eigenvalue weighted by molar-refractivity contribution is 5.96. The summed E-state index contributed by atoms with van der Waals surface area (Å²) in [6.07, 6.45) is 0.410. The summed E-state index contributed by atoms with van der Waals surface area (Å²) < 4.78 is 13.0. The van der Waals surface area contributed by atoms with E-state index < -0.39 is 0 Å². The van der Waals surface area contributed by atoms with Gasteiger partial charge in [0.25, 0.3) is 5.91 Å². The van der Waals surface area contributed by atoms with Crippen molar-refractivity contribution < 1.29 is 14.0 Å². The van der Waals surface area contributed by atoms with Gasteiger partial charge in [0.2, 0.25) is 0 Å². The number of hydrogen-bond donors (Lipinski definition) is 0. The van der Waals surface area contributed by atoms with Gasteiger partial charge in [0.1, 0.15) is 11.6 Å². The first-order valence-electron chi connectivity index (χ1n) is 6.07. The zero-order valence-electron chi connectivity index (χ0n) is 10.6. The van der Waals surface area contributed by atoms with Crippen LogP contribution in [-0.2, 0) is 4.79 Å². The van der Waals surface area contributed by atoms with Crippen molar-refractivity contribution in [2.45, 2.75) is 20.3 Å². The molecule has 1 amide bonds. The first-order chi connectivity index (χ1) is 8.49. The third-order valence-electron chi connectivity index (χ3n) is 3.38. The van der Waals surface area contributed by atoms with Crippen LogP contribution in [0.4, 0.5) is 4.39 Å². The molecule has 96 valence electrons. The molecule has 1 unspecified atom stereocenters. The van der Waals surface area contributed by atoms with Gasteiger partial charge in [-0.25, -0.2) is 4.39 Å². The van der Waals surface area contributed by atoms with Crippen LogP contribution in [-0.4, -0.2) is 29.7 Å². The van der Waals surface area contributed by atoms with Gasteiger partial charge in [0.05, 0.1) is 0 Å². The summed E-state index contributed by atoms with van der Waals surface area (Å²) in [6.45, 7) is 4.46. The van der Waals surface area contributed by atoms with Gasteiger partial charge < -0.3 is 4.90 Å². The second-order valence-electron chi connectivity index (χ2n) is 4.83. The fourth-order valence-electron chi connectivity index (χ4n) is 2.24. The molecule has 1 heterocycles. The molecule has 1 saturated heterocycles. The Morgan fingerprint density at radius 2 is 2.17 bits per heavy atom. The van der Waals surface area contributed by atoms with Crippen molar-refractivity contribution in [2.24, 2.45) is 5.92 Å². The minimum atomic E-state index is -0.341. The maximum absolute atomic E-state index is 13.0. The van der Waals surface area contributed by atoms with Crippen LogP contribution in [0.5, 0.6) is 0 Å². The third kappa shape index (κ3) is 2.42. The van der Waals surface area contributed by atoms with Crippen molar-refractivity contribution in [3.63, 3.8) is 0 Å². The number of carbonyl (C=O) groups is 2. The molecular formula is C14H16FNO2. The van der Waals surface area contributed by atoms with E-state index >= 15 is 0 Å². The Balaban J connectivity index is 2.19. The predicted octanol–water partition coefficient (Wildman–Crippen LogP) is 2.19. The number of amides is 1. The summed E-state index contributed by atoms with van der Waals surface area (Å²) in [5.74, 6) is -0.364. The number of rotatable bonds is 1. The molecule has 1 fully saturated rings. The number of aryl methyl sites for hydroxylation is 1. The molecule has 1 aliphatic rings. The SMILES string of the molecule is Cc1cc(F)ccc1C(=O)N1CCC(=O)C(C)C1. The van der Waals surface area contributed by atoms with E-state index in [1.165, 1.54) is 18.2 Å². The zero-order chi connectivity index (χ0) is 13.3. The number of carbonyl (C=O) groups excluding carboxylic acids is 2. The average molecular weight is 249 g/mol. The van der Waals surface area contributed by atoms with Crippen molar-refractivity contribution in [3.8, 4) is 0 Å². The molecule has 1 atom stereocenters. The van der Waals surface area contributed by atoms with E-state index in [0.29, 0.717) is 30.6 Å². The monoisotopic (exact) mass is 249 g/mol. The first-order valence-corrected chi connectivity index (χ1v) is 6.07. The molecule has 0 N–H and O–H groups in total. The van der Waals surface area contributed by atoms with Gasteiger partial charge in [-0.05, 0) is 30.7 Å². The van der Waals surface area contributed by atoms with Gasteiger partial charge in [0.15, 0.2) is 0 Å². The summed E-state index contributed by atoms with van der Waals surface area (Å²) in [5, 5.41) is 0. The van der Waals surface area contributed by atoms with Crippen LogP contribution < -0.4 is 0 Å². The van der Waals surface area contributed by atoms with Gasteiger partial charge in [-0.2, -0.15) is 0 Å². The molecule has 1 aromatic carbocycles. The van der Waals surface area contributed by atoms with E-state index in [1.54, 1.807) is 11.8 Å². The lowest BCUT2D eigenvalue weighted by molar-refractivity contribution is -0.124. The Labute approximate surface area is 106 Å². The van der Waals surface area contributed by atoms with Crippen LogP contribution in [0.2, 0.25) is 0 Å². The molecule has 0 bridgehead atoms. The molecule has 0 spiro atoms. The van der Waals surface area contributed by atoms with Gasteiger partial charge in [0, 0.05) is 31.0 Å². The molecule has 3 nitrogen and oxygen atoms in total. The molecule has 0 aliphatic carbocycles. The first kappa shape index (κ1) is 12.7. The zero-order valence-corrected chi connectivity index (χ0v) is 10.6. The molecular weight excluding hydrogens is 233 g/mol. The van der Waals surface area contributed by atoms with Crippen LogP contribution in [0, 0.1) is 18.7 Å². The van der Waals surface area contributed by atoms with Crippen LogP contribution in [0.25, 0.3) is 0 Å². The Morgan fingerprint density at radius 3 is 2.78 bits per heavy atom. The largest absolute Gasteiger partial charge is 0.337 e. The molecule has 2 rings (SSSR count). The van der Waals surface area contributed by atoms with Crippen LogP contribution in [0.15, 0.2) is 18.2 Å². The molecule has 1 aliphatic heterocycles. The minimum absolute atomic E-state index is 0.108. The highest BCUT2D eigenvalue weighted by atomic mass is 19.1. The Bertz CT molecular complexity index is 499. The Morgan fingerprint density at radius 1 is 1.44 bits per heavy atom. The van der Waals surface area contributed by atoms with Crippen molar-refractivity contribution in [2.75, 3.05) is 13.1 Å².